The van der Waals surface area contributed by atoms with Gasteiger partial charge in [-0.05, 0) is 19.3 Å². The van der Waals surface area contributed by atoms with E-state index in [1.165, 1.54) is 19.2 Å². The smallest absolute Gasteiger partial charge is 0.134 e. The van der Waals surface area contributed by atoms with Crippen LogP contribution in [0.15, 0.2) is 6.33 Å². The third kappa shape index (κ3) is 3.15. The summed E-state index contributed by atoms with van der Waals surface area (Å²) in [4.78, 5) is 8.35. The summed E-state index contributed by atoms with van der Waals surface area (Å²) in [7, 11) is 0. The van der Waals surface area contributed by atoms with Crippen LogP contribution in [0.2, 0.25) is 0 Å². The van der Waals surface area contributed by atoms with Gasteiger partial charge in [-0.2, -0.15) is 0 Å². The molecule has 0 amide bonds. The first-order valence-electron chi connectivity index (χ1n) is 7.15. The lowest BCUT2D eigenvalue weighted by molar-refractivity contribution is 0.142. The first-order chi connectivity index (χ1) is 9.21. The highest BCUT2D eigenvalue weighted by molar-refractivity contribution is 5.55. The summed E-state index contributed by atoms with van der Waals surface area (Å²) in [6, 6.07) is 0. The van der Waals surface area contributed by atoms with Crippen molar-refractivity contribution in [3.63, 3.8) is 0 Å². The number of rotatable bonds is 6. The van der Waals surface area contributed by atoms with Crippen molar-refractivity contribution in [2.45, 2.75) is 45.4 Å². The Labute approximate surface area is 114 Å². The van der Waals surface area contributed by atoms with Crippen molar-refractivity contribution >= 4 is 11.6 Å². The molecule has 2 rings (SSSR count). The molecule has 4 N–H and O–H groups in total. The molecular formula is C14H24N4O. The van der Waals surface area contributed by atoms with Gasteiger partial charge >= 0.3 is 0 Å². The van der Waals surface area contributed by atoms with Gasteiger partial charge in [0, 0.05) is 17.5 Å². The zero-order valence-corrected chi connectivity index (χ0v) is 11.7. The van der Waals surface area contributed by atoms with Crippen LogP contribution < -0.4 is 11.1 Å². The molecule has 1 aromatic rings. The molecule has 5 heteroatoms. The third-order valence-corrected chi connectivity index (χ3v) is 4.11. The number of aliphatic hydroxyl groups excluding tert-OH is 1. The number of nitrogen functional groups attached to an aromatic ring is 1. The molecule has 0 radical (unpaired) electrons. The molecular weight excluding hydrogens is 240 g/mol. The van der Waals surface area contributed by atoms with E-state index in [4.69, 9.17) is 5.73 Å². The average Bonchev–Trinajstić information content (AvgIpc) is 2.89. The number of hydrogen-bond acceptors (Lipinski definition) is 5. The third-order valence-electron chi connectivity index (χ3n) is 4.11. The lowest BCUT2D eigenvalue weighted by atomic mass is 9.87. The Bertz CT molecular complexity index is 416. The maximum absolute atomic E-state index is 9.62. The van der Waals surface area contributed by atoms with Gasteiger partial charge in [0.15, 0.2) is 0 Å². The molecule has 0 aromatic carbocycles. The largest absolute Gasteiger partial charge is 0.396 e. The number of aliphatic hydroxyl groups is 1. The van der Waals surface area contributed by atoms with Gasteiger partial charge in [-0.15, -0.1) is 0 Å². The highest BCUT2D eigenvalue weighted by atomic mass is 16.3. The summed E-state index contributed by atoms with van der Waals surface area (Å²) < 4.78 is 0. The highest BCUT2D eigenvalue weighted by Crippen LogP contribution is 2.37. The second-order valence-corrected chi connectivity index (χ2v) is 5.55. The predicted molar refractivity (Wildman–Crippen MR) is 76.9 cm³/mol. The van der Waals surface area contributed by atoms with Crippen LogP contribution in [0.3, 0.4) is 0 Å². The Kier molecular flexibility index (Phi) is 4.58. The van der Waals surface area contributed by atoms with Crippen LogP contribution in [0.25, 0.3) is 0 Å². The van der Waals surface area contributed by atoms with Crippen molar-refractivity contribution < 1.29 is 5.11 Å². The van der Waals surface area contributed by atoms with Gasteiger partial charge in [0.2, 0.25) is 0 Å². The normalized spacial score (nSPS) is 17.6. The minimum absolute atomic E-state index is 0.0171. The zero-order valence-electron chi connectivity index (χ0n) is 11.7. The molecule has 0 unspecified atom stereocenters. The van der Waals surface area contributed by atoms with Gasteiger partial charge < -0.3 is 16.2 Å². The van der Waals surface area contributed by atoms with E-state index in [0.717, 1.165) is 43.6 Å². The van der Waals surface area contributed by atoms with E-state index in [2.05, 4.69) is 22.2 Å². The molecule has 1 fully saturated rings. The molecule has 1 aliphatic rings. The van der Waals surface area contributed by atoms with Crippen LogP contribution in [-0.2, 0) is 6.42 Å². The minimum Gasteiger partial charge on any atom is -0.396 e. The summed E-state index contributed by atoms with van der Waals surface area (Å²) in [5.41, 5.74) is 6.93. The fraction of sp³-hybridized carbons (Fsp3) is 0.714. The minimum atomic E-state index is 0.0171. The lowest BCUT2D eigenvalue weighted by Gasteiger charge is -2.27. The Balaban J connectivity index is 2.08. The van der Waals surface area contributed by atoms with Gasteiger partial charge in [-0.25, -0.2) is 9.97 Å². The van der Waals surface area contributed by atoms with E-state index in [0.29, 0.717) is 5.82 Å². The van der Waals surface area contributed by atoms with Crippen molar-refractivity contribution in [2.75, 3.05) is 24.2 Å². The number of anilines is 2. The molecule has 0 atom stereocenters. The van der Waals surface area contributed by atoms with Crippen molar-refractivity contribution in [3.05, 3.63) is 11.9 Å². The Hall–Kier alpha value is -1.36. The Morgan fingerprint density at radius 3 is 2.74 bits per heavy atom. The van der Waals surface area contributed by atoms with E-state index in [1.807, 2.05) is 0 Å². The molecule has 0 aliphatic heterocycles. The maximum atomic E-state index is 9.62. The standard InChI is InChI=1S/C14H24N4O/c1-2-5-11-12(15)17-10-18-13(11)16-8-14(9-19)6-3-4-7-14/h10,19H,2-9H2,1H3,(H3,15,16,17,18). The van der Waals surface area contributed by atoms with Gasteiger partial charge in [-0.3, -0.25) is 0 Å². The molecule has 1 saturated carbocycles. The second kappa shape index (κ2) is 6.19. The van der Waals surface area contributed by atoms with Gasteiger partial charge in [0.05, 0.1) is 6.61 Å². The number of aromatic nitrogens is 2. The molecule has 0 saturated heterocycles. The van der Waals surface area contributed by atoms with Crippen LogP contribution in [-0.4, -0.2) is 28.2 Å². The monoisotopic (exact) mass is 264 g/mol. The molecule has 1 aliphatic carbocycles. The van der Waals surface area contributed by atoms with E-state index in [1.54, 1.807) is 0 Å². The molecule has 1 aromatic heterocycles. The SMILES string of the molecule is CCCc1c(N)ncnc1NCC1(CO)CCCC1. The average molecular weight is 264 g/mol. The van der Waals surface area contributed by atoms with E-state index < -0.39 is 0 Å². The lowest BCUT2D eigenvalue weighted by Crippen LogP contribution is -2.31. The summed E-state index contributed by atoms with van der Waals surface area (Å²) in [5, 5.41) is 13.0. The molecule has 1 heterocycles. The van der Waals surface area contributed by atoms with E-state index in [-0.39, 0.29) is 12.0 Å². The van der Waals surface area contributed by atoms with Crippen molar-refractivity contribution in [2.24, 2.45) is 5.41 Å². The summed E-state index contributed by atoms with van der Waals surface area (Å²) >= 11 is 0. The molecule has 106 valence electrons. The number of hydrogen-bond donors (Lipinski definition) is 3. The Morgan fingerprint density at radius 2 is 2.11 bits per heavy atom. The van der Waals surface area contributed by atoms with Gasteiger partial charge in [-0.1, -0.05) is 26.2 Å². The fourth-order valence-corrected chi connectivity index (χ4v) is 2.86. The van der Waals surface area contributed by atoms with Crippen LogP contribution in [0.1, 0.15) is 44.6 Å². The highest BCUT2D eigenvalue weighted by Gasteiger charge is 2.33. The number of nitrogens with one attached hydrogen (secondary N) is 1. The first-order valence-corrected chi connectivity index (χ1v) is 7.15. The first kappa shape index (κ1) is 14.1. The van der Waals surface area contributed by atoms with E-state index >= 15 is 0 Å². The maximum Gasteiger partial charge on any atom is 0.134 e. The van der Waals surface area contributed by atoms with Crippen molar-refractivity contribution in [1.29, 1.82) is 0 Å². The molecule has 0 bridgehead atoms. The summed E-state index contributed by atoms with van der Waals surface area (Å²) in [6.07, 6.45) is 7.96. The fourth-order valence-electron chi connectivity index (χ4n) is 2.86. The molecule has 5 nitrogen and oxygen atoms in total. The van der Waals surface area contributed by atoms with E-state index in [9.17, 15) is 5.11 Å². The van der Waals surface area contributed by atoms with Crippen molar-refractivity contribution in [1.82, 2.24) is 9.97 Å². The summed E-state index contributed by atoms with van der Waals surface area (Å²) in [5.74, 6) is 1.39. The molecule has 19 heavy (non-hydrogen) atoms. The second-order valence-electron chi connectivity index (χ2n) is 5.55. The topological polar surface area (TPSA) is 84.1 Å². The predicted octanol–water partition coefficient (Wildman–Crippen LogP) is 1.98. The van der Waals surface area contributed by atoms with Crippen LogP contribution in [0.4, 0.5) is 11.6 Å². The van der Waals surface area contributed by atoms with Crippen LogP contribution >= 0.6 is 0 Å². The van der Waals surface area contributed by atoms with Crippen molar-refractivity contribution in [3.8, 4) is 0 Å². The zero-order chi connectivity index (χ0) is 13.7. The number of nitrogens with zero attached hydrogens (tertiary/aromatic N) is 2. The Morgan fingerprint density at radius 1 is 1.37 bits per heavy atom. The summed E-state index contributed by atoms with van der Waals surface area (Å²) in [6.45, 7) is 3.11. The van der Waals surface area contributed by atoms with Gasteiger partial charge in [0.25, 0.3) is 0 Å². The van der Waals surface area contributed by atoms with Gasteiger partial charge in [0.1, 0.15) is 18.0 Å². The quantitative estimate of drug-likeness (QED) is 0.731. The molecule has 0 spiro atoms. The van der Waals surface area contributed by atoms with Crippen LogP contribution in [0.5, 0.6) is 0 Å². The number of nitrogens with two attached hydrogens (primary N) is 1. The van der Waals surface area contributed by atoms with Crippen LogP contribution in [0, 0.1) is 5.41 Å².